The van der Waals surface area contributed by atoms with Crippen molar-refractivity contribution in [3.05, 3.63) is 64.6 Å². The molecule has 3 rings (SSSR count). The van der Waals surface area contributed by atoms with Gasteiger partial charge in [0.1, 0.15) is 5.75 Å². The Kier molecular flexibility index (Phi) is 6.41. The molecule has 6 heteroatoms. The lowest BCUT2D eigenvalue weighted by Gasteiger charge is -2.17. The lowest BCUT2D eigenvalue weighted by molar-refractivity contribution is -0.123. The molecular weight excluding hydrogens is 422 g/mol. The number of rotatable bonds is 7. The van der Waals surface area contributed by atoms with Crippen LogP contribution in [0.4, 0.5) is 0 Å². The molecule has 0 aromatic heterocycles. The van der Waals surface area contributed by atoms with E-state index < -0.39 is 0 Å². The highest BCUT2D eigenvalue weighted by atomic mass is 79.9. The zero-order valence-electron chi connectivity index (χ0n) is 16.0. The molecule has 3 aromatic rings. The molecule has 1 unspecified atom stereocenters. The molecule has 0 bridgehead atoms. The number of amides is 1. The lowest BCUT2D eigenvalue weighted by Crippen LogP contribution is -2.31. The van der Waals surface area contributed by atoms with Crippen molar-refractivity contribution < 1.29 is 19.0 Å². The molecule has 1 N–H and O–H groups in total. The summed E-state index contributed by atoms with van der Waals surface area (Å²) in [5.41, 5.74) is 0.915. The maximum absolute atomic E-state index is 12.3. The number of fused-ring (bicyclic) bond motifs is 1. The number of carbonyl (C=O) groups is 1. The molecule has 1 atom stereocenters. The first-order valence-electron chi connectivity index (χ1n) is 8.84. The summed E-state index contributed by atoms with van der Waals surface area (Å²) < 4.78 is 17.1. The van der Waals surface area contributed by atoms with E-state index in [0.717, 1.165) is 20.8 Å². The quantitative estimate of drug-likeness (QED) is 0.565. The van der Waals surface area contributed by atoms with Crippen LogP contribution in [0.15, 0.2) is 59.1 Å². The SMILES string of the molecule is COc1ccc(C(C)NC(=O)COc2ccc3ccccc3c2Br)cc1OC. The third-order valence-corrected chi connectivity index (χ3v) is 5.29. The second-order valence-electron chi connectivity index (χ2n) is 6.29. The van der Waals surface area contributed by atoms with Crippen molar-refractivity contribution in [1.82, 2.24) is 5.32 Å². The average Bonchev–Trinajstić information content (AvgIpc) is 2.72. The van der Waals surface area contributed by atoms with Crippen LogP contribution in [-0.4, -0.2) is 26.7 Å². The summed E-state index contributed by atoms with van der Waals surface area (Å²) in [6, 6.07) is 17.2. The van der Waals surface area contributed by atoms with Crippen LogP contribution >= 0.6 is 15.9 Å². The summed E-state index contributed by atoms with van der Waals surface area (Å²) in [6.07, 6.45) is 0. The number of ether oxygens (including phenoxy) is 3. The topological polar surface area (TPSA) is 56.8 Å². The van der Waals surface area contributed by atoms with Gasteiger partial charge in [-0.05, 0) is 57.4 Å². The molecule has 1 amide bonds. The van der Waals surface area contributed by atoms with Gasteiger partial charge in [-0.2, -0.15) is 0 Å². The number of hydrogen-bond acceptors (Lipinski definition) is 4. The predicted molar refractivity (Wildman–Crippen MR) is 113 cm³/mol. The van der Waals surface area contributed by atoms with Crippen LogP contribution < -0.4 is 19.5 Å². The van der Waals surface area contributed by atoms with E-state index in [1.54, 1.807) is 14.2 Å². The van der Waals surface area contributed by atoms with Crippen LogP contribution in [0.1, 0.15) is 18.5 Å². The van der Waals surface area contributed by atoms with Crippen molar-refractivity contribution in [2.75, 3.05) is 20.8 Å². The standard InChI is InChI=1S/C22H22BrNO4/c1-14(16-9-10-18(26-2)20(12-16)27-3)24-21(25)13-28-19-11-8-15-6-4-5-7-17(15)22(19)23/h4-12,14H,13H2,1-3H3,(H,24,25). The van der Waals surface area contributed by atoms with Gasteiger partial charge in [0, 0.05) is 0 Å². The highest BCUT2D eigenvalue weighted by Gasteiger charge is 2.14. The van der Waals surface area contributed by atoms with E-state index in [1.807, 2.05) is 61.5 Å². The van der Waals surface area contributed by atoms with Crippen LogP contribution in [0.25, 0.3) is 10.8 Å². The molecule has 0 fully saturated rings. The van der Waals surface area contributed by atoms with E-state index in [9.17, 15) is 4.79 Å². The predicted octanol–water partition coefficient (Wildman–Crippen LogP) is 4.88. The molecule has 0 saturated carbocycles. The fraction of sp³-hybridized carbons (Fsp3) is 0.227. The highest BCUT2D eigenvalue weighted by Crippen LogP contribution is 2.33. The monoisotopic (exact) mass is 443 g/mol. The van der Waals surface area contributed by atoms with E-state index in [4.69, 9.17) is 14.2 Å². The van der Waals surface area contributed by atoms with Crippen molar-refractivity contribution in [1.29, 1.82) is 0 Å². The molecule has 0 aliphatic carbocycles. The number of nitrogens with one attached hydrogen (secondary N) is 1. The van der Waals surface area contributed by atoms with Crippen LogP contribution in [0.5, 0.6) is 17.2 Å². The van der Waals surface area contributed by atoms with Gasteiger partial charge in [0.05, 0.1) is 24.7 Å². The third-order valence-electron chi connectivity index (χ3n) is 4.47. The van der Waals surface area contributed by atoms with E-state index in [1.165, 1.54) is 0 Å². The molecule has 0 spiro atoms. The largest absolute Gasteiger partial charge is 0.493 e. The molecule has 5 nitrogen and oxygen atoms in total. The molecule has 0 heterocycles. The van der Waals surface area contributed by atoms with Gasteiger partial charge in [-0.15, -0.1) is 0 Å². The smallest absolute Gasteiger partial charge is 0.258 e. The Morgan fingerprint density at radius 2 is 1.71 bits per heavy atom. The van der Waals surface area contributed by atoms with E-state index in [0.29, 0.717) is 17.2 Å². The second kappa shape index (κ2) is 8.97. The van der Waals surface area contributed by atoms with Gasteiger partial charge < -0.3 is 19.5 Å². The molecule has 0 saturated heterocycles. The second-order valence-corrected chi connectivity index (χ2v) is 7.08. The molecule has 0 radical (unpaired) electrons. The molecular formula is C22H22BrNO4. The fourth-order valence-electron chi connectivity index (χ4n) is 2.96. The number of methoxy groups -OCH3 is 2. The van der Waals surface area contributed by atoms with E-state index >= 15 is 0 Å². The van der Waals surface area contributed by atoms with Crippen LogP contribution in [-0.2, 0) is 4.79 Å². The summed E-state index contributed by atoms with van der Waals surface area (Å²) in [6.45, 7) is 1.83. The maximum atomic E-state index is 12.3. The Balaban J connectivity index is 1.64. The van der Waals surface area contributed by atoms with E-state index in [2.05, 4.69) is 21.2 Å². The summed E-state index contributed by atoms with van der Waals surface area (Å²) >= 11 is 3.57. The molecule has 146 valence electrons. The van der Waals surface area contributed by atoms with Crippen LogP contribution in [0, 0.1) is 0 Å². The Hall–Kier alpha value is -2.73. The van der Waals surface area contributed by atoms with Gasteiger partial charge in [-0.25, -0.2) is 0 Å². The third kappa shape index (κ3) is 4.39. The molecule has 28 heavy (non-hydrogen) atoms. The zero-order chi connectivity index (χ0) is 20.1. The van der Waals surface area contributed by atoms with Gasteiger partial charge in [0.15, 0.2) is 18.1 Å². The first-order valence-corrected chi connectivity index (χ1v) is 9.64. The Labute approximate surface area is 172 Å². The van der Waals surface area contributed by atoms with Crippen molar-refractivity contribution in [2.45, 2.75) is 13.0 Å². The summed E-state index contributed by atoms with van der Waals surface area (Å²) in [5.74, 6) is 1.70. The lowest BCUT2D eigenvalue weighted by atomic mass is 10.1. The Morgan fingerprint density at radius 1 is 1.00 bits per heavy atom. The van der Waals surface area contributed by atoms with Gasteiger partial charge in [-0.1, -0.05) is 36.4 Å². The normalized spacial score (nSPS) is 11.7. The van der Waals surface area contributed by atoms with Crippen LogP contribution in [0.2, 0.25) is 0 Å². The molecule has 3 aromatic carbocycles. The van der Waals surface area contributed by atoms with Crippen LogP contribution in [0.3, 0.4) is 0 Å². The first-order chi connectivity index (χ1) is 13.5. The molecule has 0 aliphatic rings. The maximum Gasteiger partial charge on any atom is 0.258 e. The first kappa shape index (κ1) is 20.0. The average molecular weight is 444 g/mol. The van der Waals surface area contributed by atoms with Crippen molar-refractivity contribution in [2.24, 2.45) is 0 Å². The summed E-state index contributed by atoms with van der Waals surface area (Å²) in [5, 5.41) is 5.08. The fourth-order valence-corrected chi connectivity index (χ4v) is 3.56. The van der Waals surface area contributed by atoms with Crippen molar-refractivity contribution >= 4 is 32.6 Å². The minimum atomic E-state index is -0.206. The van der Waals surface area contributed by atoms with Gasteiger partial charge >= 0.3 is 0 Å². The highest BCUT2D eigenvalue weighted by molar-refractivity contribution is 9.10. The number of carbonyl (C=O) groups excluding carboxylic acids is 1. The Bertz CT molecular complexity index is 989. The van der Waals surface area contributed by atoms with Gasteiger partial charge in [0.2, 0.25) is 0 Å². The minimum absolute atomic E-state index is 0.0748. The van der Waals surface area contributed by atoms with E-state index in [-0.39, 0.29) is 18.6 Å². The molecule has 0 aliphatic heterocycles. The number of hydrogen-bond donors (Lipinski definition) is 1. The number of halogens is 1. The zero-order valence-corrected chi connectivity index (χ0v) is 17.6. The Morgan fingerprint density at radius 3 is 2.46 bits per heavy atom. The summed E-state index contributed by atoms with van der Waals surface area (Å²) in [4.78, 5) is 12.3. The number of benzene rings is 3. The minimum Gasteiger partial charge on any atom is -0.493 e. The van der Waals surface area contributed by atoms with Crippen molar-refractivity contribution in [3.63, 3.8) is 0 Å². The van der Waals surface area contributed by atoms with Gasteiger partial charge in [-0.3, -0.25) is 4.79 Å². The van der Waals surface area contributed by atoms with Gasteiger partial charge in [0.25, 0.3) is 5.91 Å². The van der Waals surface area contributed by atoms with Crippen molar-refractivity contribution in [3.8, 4) is 17.2 Å². The summed E-state index contributed by atoms with van der Waals surface area (Å²) in [7, 11) is 3.17.